The summed E-state index contributed by atoms with van der Waals surface area (Å²) in [6.07, 6.45) is 4.43. The van der Waals surface area contributed by atoms with Gasteiger partial charge in [-0.3, -0.25) is 5.10 Å². The minimum Gasteiger partial charge on any atom is -0.382 e. The highest BCUT2D eigenvalue weighted by atomic mass is 15.1. The molecule has 18 heavy (non-hydrogen) atoms. The van der Waals surface area contributed by atoms with E-state index in [1.807, 2.05) is 6.20 Å². The summed E-state index contributed by atoms with van der Waals surface area (Å²) in [7, 11) is 0. The zero-order valence-electron chi connectivity index (χ0n) is 11.3. The number of hydrogen-bond acceptors (Lipinski definition) is 2. The smallest absolute Gasteiger partial charge is 0.0651 e. The van der Waals surface area contributed by atoms with E-state index < -0.39 is 0 Å². The van der Waals surface area contributed by atoms with Gasteiger partial charge in [-0.1, -0.05) is 20.8 Å². The number of nitrogens with one attached hydrogen (secondary N) is 2. The first kappa shape index (κ1) is 11.6. The molecule has 0 bridgehead atoms. The lowest BCUT2D eigenvalue weighted by Gasteiger charge is -2.19. The van der Waals surface area contributed by atoms with Gasteiger partial charge < -0.3 is 5.32 Å². The predicted octanol–water partition coefficient (Wildman–Crippen LogP) is 3.80. The molecule has 1 aliphatic rings. The van der Waals surface area contributed by atoms with Crippen LogP contribution in [0.4, 0.5) is 5.69 Å². The number of aromatic nitrogens is 2. The van der Waals surface area contributed by atoms with Gasteiger partial charge >= 0.3 is 0 Å². The van der Waals surface area contributed by atoms with Crippen molar-refractivity contribution < 1.29 is 0 Å². The first-order valence-corrected chi connectivity index (χ1v) is 6.73. The molecule has 2 N–H and O–H groups in total. The third-order valence-electron chi connectivity index (χ3n) is 4.13. The molecule has 1 aromatic heterocycles. The van der Waals surface area contributed by atoms with Gasteiger partial charge in [0.2, 0.25) is 0 Å². The summed E-state index contributed by atoms with van der Waals surface area (Å²) in [4.78, 5) is 0. The van der Waals surface area contributed by atoms with Crippen molar-refractivity contribution in [2.24, 2.45) is 11.3 Å². The molecule has 2 atom stereocenters. The quantitative estimate of drug-likeness (QED) is 0.842. The molecular weight excluding hydrogens is 222 g/mol. The topological polar surface area (TPSA) is 40.7 Å². The van der Waals surface area contributed by atoms with Crippen LogP contribution in [0.3, 0.4) is 0 Å². The minimum atomic E-state index is 0.469. The highest BCUT2D eigenvalue weighted by Crippen LogP contribution is 2.42. The Hall–Kier alpha value is -1.51. The lowest BCUT2D eigenvalue weighted by Crippen LogP contribution is -2.22. The molecule has 0 aliphatic heterocycles. The van der Waals surface area contributed by atoms with Crippen LogP contribution in [0.5, 0.6) is 0 Å². The summed E-state index contributed by atoms with van der Waals surface area (Å²) >= 11 is 0. The van der Waals surface area contributed by atoms with Crippen molar-refractivity contribution in [2.45, 2.75) is 39.7 Å². The van der Waals surface area contributed by atoms with E-state index in [9.17, 15) is 0 Å². The van der Waals surface area contributed by atoms with Gasteiger partial charge in [-0.2, -0.15) is 5.10 Å². The van der Waals surface area contributed by atoms with Crippen molar-refractivity contribution in [2.75, 3.05) is 5.32 Å². The fourth-order valence-electron chi connectivity index (χ4n) is 3.33. The number of benzene rings is 1. The number of rotatable bonds is 2. The molecular formula is C15H21N3. The van der Waals surface area contributed by atoms with Crippen LogP contribution in [0.25, 0.3) is 10.9 Å². The molecule has 1 aliphatic carbocycles. The van der Waals surface area contributed by atoms with Gasteiger partial charge in [-0.25, -0.2) is 0 Å². The largest absolute Gasteiger partial charge is 0.382 e. The number of aromatic amines is 1. The van der Waals surface area contributed by atoms with E-state index in [1.165, 1.54) is 23.9 Å². The summed E-state index contributed by atoms with van der Waals surface area (Å²) in [6, 6.07) is 6.99. The molecule has 1 aromatic carbocycles. The molecule has 2 aromatic rings. The second kappa shape index (κ2) is 4.01. The Balaban J connectivity index is 1.80. The van der Waals surface area contributed by atoms with Crippen molar-refractivity contribution in [3.05, 3.63) is 24.4 Å². The van der Waals surface area contributed by atoms with E-state index in [2.05, 4.69) is 54.5 Å². The number of H-pyrrole nitrogens is 1. The van der Waals surface area contributed by atoms with Crippen molar-refractivity contribution >= 4 is 16.6 Å². The van der Waals surface area contributed by atoms with Crippen LogP contribution in [0.1, 0.15) is 33.6 Å². The van der Waals surface area contributed by atoms with E-state index in [1.54, 1.807) is 0 Å². The number of fused-ring (bicyclic) bond motifs is 1. The van der Waals surface area contributed by atoms with Gasteiger partial charge in [0.1, 0.15) is 0 Å². The molecule has 0 amide bonds. The van der Waals surface area contributed by atoms with Gasteiger partial charge in [0.15, 0.2) is 0 Å². The Kier molecular flexibility index (Phi) is 2.58. The first-order chi connectivity index (χ1) is 8.53. The van der Waals surface area contributed by atoms with Crippen LogP contribution in [0, 0.1) is 11.3 Å². The molecule has 96 valence electrons. The van der Waals surface area contributed by atoms with Crippen LogP contribution < -0.4 is 5.32 Å². The highest BCUT2D eigenvalue weighted by Gasteiger charge is 2.36. The lowest BCUT2D eigenvalue weighted by atomic mass is 9.91. The van der Waals surface area contributed by atoms with Crippen LogP contribution >= 0.6 is 0 Å². The van der Waals surface area contributed by atoms with Crippen molar-refractivity contribution in [3.8, 4) is 0 Å². The molecule has 0 spiro atoms. The van der Waals surface area contributed by atoms with Gasteiger partial charge in [0.05, 0.1) is 11.7 Å². The molecule has 1 fully saturated rings. The summed E-state index contributed by atoms with van der Waals surface area (Å²) in [5.74, 6) is 0.736. The molecule has 1 saturated carbocycles. The van der Waals surface area contributed by atoms with Crippen molar-refractivity contribution in [3.63, 3.8) is 0 Å². The third kappa shape index (κ3) is 2.09. The van der Waals surface area contributed by atoms with Gasteiger partial charge in [0.25, 0.3) is 0 Å². The molecule has 1 heterocycles. The van der Waals surface area contributed by atoms with E-state index in [-0.39, 0.29) is 0 Å². The molecule has 3 heteroatoms. The normalized spacial score (nSPS) is 26.6. The predicted molar refractivity (Wildman–Crippen MR) is 75.7 cm³/mol. The maximum absolute atomic E-state index is 4.06. The SMILES string of the molecule is CC1CC(C)(C)CC1Nc1ccc2[nH]ncc2c1. The fraction of sp³-hybridized carbons (Fsp3) is 0.533. The van der Waals surface area contributed by atoms with Crippen LogP contribution in [0.15, 0.2) is 24.4 Å². The zero-order chi connectivity index (χ0) is 12.8. The summed E-state index contributed by atoms with van der Waals surface area (Å²) in [6.45, 7) is 7.08. The Morgan fingerprint density at radius 1 is 1.33 bits per heavy atom. The van der Waals surface area contributed by atoms with E-state index in [4.69, 9.17) is 0 Å². The number of hydrogen-bond donors (Lipinski definition) is 2. The summed E-state index contributed by atoms with van der Waals surface area (Å²) < 4.78 is 0. The van der Waals surface area contributed by atoms with E-state index in [0.717, 1.165) is 11.4 Å². The third-order valence-corrected chi connectivity index (χ3v) is 4.13. The fourth-order valence-corrected chi connectivity index (χ4v) is 3.33. The second-order valence-electron chi connectivity index (χ2n) is 6.47. The lowest BCUT2D eigenvalue weighted by molar-refractivity contribution is 0.366. The number of nitrogens with zero attached hydrogens (tertiary/aromatic N) is 1. The highest BCUT2D eigenvalue weighted by molar-refractivity contribution is 5.81. The summed E-state index contributed by atoms with van der Waals surface area (Å²) in [5.41, 5.74) is 2.77. The van der Waals surface area contributed by atoms with Gasteiger partial charge in [0, 0.05) is 17.1 Å². The maximum Gasteiger partial charge on any atom is 0.0651 e. The first-order valence-electron chi connectivity index (χ1n) is 6.73. The van der Waals surface area contributed by atoms with Gasteiger partial charge in [-0.05, 0) is 42.4 Å². The average molecular weight is 243 g/mol. The molecule has 0 saturated heterocycles. The number of anilines is 1. The Labute approximate surface area is 108 Å². The van der Waals surface area contributed by atoms with Crippen LogP contribution in [-0.2, 0) is 0 Å². The zero-order valence-corrected chi connectivity index (χ0v) is 11.3. The average Bonchev–Trinajstić information content (AvgIpc) is 2.83. The molecule has 0 radical (unpaired) electrons. The maximum atomic E-state index is 4.06. The van der Waals surface area contributed by atoms with Crippen molar-refractivity contribution in [1.29, 1.82) is 0 Å². The van der Waals surface area contributed by atoms with Gasteiger partial charge in [-0.15, -0.1) is 0 Å². The summed E-state index contributed by atoms with van der Waals surface area (Å²) in [5, 5.41) is 11.9. The van der Waals surface area contributed by atoms with Crippen LogP contribution in [-0.4, -0.2) is 16.2 Å². The standard InChI is InChI=1S/C15H21N3/c1-10-7-15(2,3)8-14(10)17-12-4-5-13-11(6-12)9-16-18-13/h4-6,9-10,14,17H,7-8H2,1-3H3,(H,16,18). The van der Waals surface area contributed by atoms with E-state index in [0.29, 0.717) is 11.5 Å². The molecule has 3 rings (SSSR count). The van der Waals surface area contributed by atoms with E-state index >= 15 is 0 Å². The second-order valence-corrected chi connectivity index (χ2v) is 6.47. The molecule has 2 unspecified atom stereocenters. The Morgan fingerprint density at radius 3 is 2.89 bits per heavy atom. The van der Waals surface area contributed by atoms with Crippen molar-refractivity contribution in [1.82, 2.24) is 10.2 Å². The molecule has 3 nitrogen and oxygen atoms in total. The monoisotopic (exact) mass is 243 g/mol. The van der Waals surface area contributed by atoms with Crippen LogP contribution in [0.2, 0.25) is 0 Å². The Morgan fingerprint density at radius 2 is 2.17 bits per heavy atom. The Bertz CT molecular complexity index is 556. The minimum absolute atomic E-state index is 0.469.